The van der Waals surface area contributed by atoms with E-state index in [0.717, 1.165) is 5.69 Å². The second kappa shape index (κ2) is 7.97. The van der Waals surface area contributed by atoms with Gasteiger partial charge in [-0.15, -0.1) is 0 Å². The number of amides is 1. The summed E-state index contributed by atoms with van der Waals surface area (Å²) in [5, 5.41) is 9.60. The average molecular weight is 475 g/mol. The van der Waals surface area contributed by atoms with Gasteiger partial charge in [-0.25, -0.2) is 28.1 Å². The van der Waals surface area contributed by atoms with E-state index in [1.165, 1.54) is 29.4 Å². The van der Waals surface area contributed by atoms with Crippen LogP contribution in [0.15, 0.2) is 33.4 Å². The minimum absolute atomic E-state index is 0.0519. The van der Waals surface area contributed by atoms with Crippen LogP contribution in [-0.2, 0) is 11.8 Å². The first-order valence-electron chi connectivity index (χ1n) is 10.5. The highest BCUT2D eigenvalue weighted by Crippen LogP contribution is 2.37. The average Bonchev–Trinajstić information content (AvgIpc) is 3.55. The molecule has 2 N–H and O–H groups in total. The summed E-state index contributed by atoms with van der Waals surface area (Å²) in [5.41, 5.74) is -0.190. The number of H-pyrrole nitrogens is 1. The molecule has 4 heterocycles. The number of carbonyl (C=O) groups excluding carboxylic acids is 1. The van der Waals surface area contributed by atoms with Gasteiger partial charge in [0.2, 0.25) is 17.5 Å². The lowest BCUT2D eigenvalue weighted by Crippen LogP contribution is -2.41. The van der Waals surface area contributed by atoms with Gasteiger partial charge < -0.3 is 23.8 Å². The van der Waals surface area contributed by atoms with Crippen LogP contribution in [0.4, 0.5) is 13.2 Å². The number of nitrogens with one attached hydrogen (secondary N) is 1. The first-order chi connectivity index (χ1) is 16.2. The number of nitrogens with zero attached hydrogens (tertiary/aromatic N) is 4. The Morgan fingerprint density at radius 3 is 2.85 bits per heavy atom. The third-order valence-corrected chi connectivity index (χ3v) is 5.81. The summed E-state index contributed by atoms with van der Waals surface area (Å²) in [6.07, 6.45) is -1.25. The molecule has 0 unspecified atom stereocenters. The number of alkyl halides is 2. The zero-order valence-corrected chi connectivity index (χ0v) is 18.2. The molecule has 4 aromatic rings. The van der Waals surface area contributed by atoms with Crippen LogP contribution in [0.5, 0.6) is 0 Å². The van der Waals surface area contributed by atoms with Crippen LogP contribution in [0.1, 0.15) is 65.7 Å². The van der Waals surface area contributed by atoms with E-state index in [1.54, 1.807) is 13.8 Å². The van der Waals surface area contributed by atoms with E-state index in [4.69, 9.17) is 8.83 Å². The molecule has 9 nitrogen and oxygen atoms in total. The van der Waals surface area contributed by atoms with Crippen molar-refractivity contribution in [2.24, 2.45) is 0 Å². The maximum Gasteiger partial charge on any atom is 0.292 e. The van der Waals surface area contributed by atoms with Gasteiger partial charge in [-0.2, -0.15) is 0 Å². The summed E-state index contributed by atoms with van der Waals surface area (Å²) >= 11 is 0. The molecule has 0 aliphatic carbocycles. The molecule has 0 saturated carbocycles. The zero-order valence-electron chi connectivity index (χ0n) is 18.2. The molecule has 12 heteroatoms. The molecule has 3 aromatic heterocycles. The van der Waals surface area contributed by atoms with Gasteiger partial charge in [-0.05, 0) is 26.0 Å². The van der Waals surface area contributed by atoms with Crippen LogP contribution < -0.4 is 0 Å². The fourth-order valence-corrected chi connectivity index (χ4v) is 3.90. The van der Waals surface area contributed by atoms with Gasteiger partial charge in [-0.3, -0.25) is 4.79 Å². The number of aliphatic hydroxyl groups is 1. The van der Waals surface area contributed by atoms with Crippen molar-refractivity contribution >= 4 is 17.0 Å². The van der Waals surface area contributed by atoms with Gasteiger partial charge in [0, 0.05) is 24.7 Å². The highest BCUT2D eigenvalue weighted by Gasteiger charge is 2.42. The monoisotopic (exact) mass is 475 g/mol. The van der Waals surface area contributed by atoms with E-state index in [1.807, 2.05) is 0 Å². The Labute approximate surface area is 190 Å². The lowest BCUT2D eigenvalue weighted by atomic mass is 9.95. The SMILES string of the molecule is CC(C)(CO)c1nc(C(F)F)c(C(=O)N2CCc3[nH]cnc3[C@H]2c2nc3cc(F)ccc3o2)o1. The van der Waals surface area contributed by atoms with E-state index < -0.39 is 47.7 Å². The summed E-state index contributed by atoms with van der Waals surface area (Å²) in [6, 6.07) is 2.85. The number of halogens is 3. The highest BCUT2D eigenvalue weighted by molar-refractivity contribution is 5.93. The highest BCUT2D eigenvalue weighted by atomic mass is 19.3. The Balaban J connectivity index is 1.61. The molecule has 0 spiro atoms. The third-order valence-electron chi connectivity index (χ3n) is 5.81. The number of benzene rings is 1. The van der Waals surface area contributed by atoms with Crippen LogP contribution in [0.2, 0.25) is 0 Å². The van der Waals surface area contributed by atoms with Gasteiger partial charge in [-0.1, -0.05) is 0 Å². The lowest BCUT2D eigenvalue weighted by molar-refractivity contribution is 0.0614. The summed E-state index contributed by atoms with van der Waals surface area (Å²) in [6.45, 7) is 2.80. The summed E-state index contributed by atoms with van der Waals surface area (Å²) < 4.78 is 52.6. The predicted molar refractivity (Wildman–Crippen MR) is 111 cm³/mol. The minimum Gasteiger partial charge on any atom is -0.438 e. The molecular formula is C22H20F3N5O4. The maximum absolute atomic E-state index is 13.8. The van der Waals surface area contributed by atoms with Crippen molar-refractivity contribution < 1.29 is 31.9 Å². The van der Waals surface area contributed by atoms with Gasteiger partial charge in [0.25, 0.3) is 12.3 Å². The molecule has 0 saturated heterocycles. The number of hydrogen-bond acceptors (Lipinski definition) is 7. The molecule has 34 heavy (non-hydrogen) atoms. The number of hydrogen-bond donors (Lipinski definition) is 2. The molecule has 1 atom stereocenters. The molecule has 0 bridgehead atoms. The van der Waals surface area contributed by atoms with Gasteiger partial charge in [0.05, 0.1) is 24.0 Å². The van der Waals surface area contributed by atoms with Crippen molar-refractivity contribution in [2.45, 2.75) is 38.2 Å². The van der Waals surface area contributed by atoms with Crippen molar-refractivity contribution in [3.63, 3.8) is 0 Å². The topological polar surface area (TPSA) is 121 Å². The first kappa shape index (κ1) is 22.1. The zero-order chi connectivity index (χ0) is 24.2. The number of oxazole rings is 2. The number of carbonyl (C=O) groups is 1. The van der Waals surface area contributed by atoms with Crippen LogP contribution in [-0.4, -0.2) is 49.0 Å². The van der Waals surface area contributed by atoms with Crippen molar-refractivity contribution in [2.75, 3.05) is 13.2 Å². The van der Waals surface area contributed by atoms with E-state index in [9.17, 15) is 23.1 Å². The van der Waals surface area contributed by atoms with E-state index in [-0.39, 0.29) is 23.8 Å². The molecule has 1 aromatic carbocycles. The second-order valence-electron chi connectivity index (χ2n) is 8.66. The van der Waals surface area contributed by atoms with E-state index in [0.29, 0.717) is 17.7 Å². The number of aromatic nitrogens is 4. The quantitative estimate of drug-likeness (QED) is 0.452. The summed E-state index contributed by atoms with van der Waals surface area (Å²) in [5.74, 6) is -2.12. The summed E-state index contributed by atoms with van der Waals surface area (Å²) in [7, 11) is 0. The van der Waals surface area contributed by atoms with Gasteiger partial charge in [0.1, 0.15) is 11.3 Å². The molecule has 1 aliphatic rings. The Hall–Kier alpha value is -3.67. The number of fused-ring (bicyclic) bond motifs is 2. The fourth-order valence-electron chi connectivity index (χ4n) is 3.90. The van der Waals surface area contributed by atoms with Crippen molar-refractivity contribution in [1.82, 2.24) is 24.8 Å². The van der Waals surface area contributed by atoms with Gasteiger partial charge >= 0.3 is 0 Å². The normalized spacial score (nSPS) is 16.4. The molecular weight excluding hydrogens is 455 g/mol. The molecule has 0 radical (unpaired) electrons. The van der Waals surface area contributed by atoms with Crippen LogP contribution in [0.25, 0.3) is 11.1 Å². The number of aliphatic hydroxyl groups excluding tert-OH is 1. The van der Waals surface area contributed by atoms with Crippen LogP contribution >= 0.6 is 0 Å². The first-order valence-corrected chi connectivity index (χ1v) is 10.5. The number of rotatable bonds is 5. The predicted octanol–water partition coefficient (Wildman–Crippen LogP) is 3.67. The van der Waals surface area contributed by atoms with E-state index >= 15 is 0 Å². The lowest BCUT2D eigenvalue weighted by Gasteiger charge is -2.32. The molecule has 1 amide bonds. The second-order valence-corrected chi connectivity index (χ2v) is 8.66. The Morgan fingerprint density at radius 1 is 1.32 bits per heavy atom. The molecule has 1 aliphatic heterocycles. The molecule has 178 valence electrons. The number of imidazole rings is 1. The Bertz CT molecular complexity index is 1380. The van der Waals surface area contributed by atoms with E-state index in [2.05, 4.69) is 19.9 Å². The van der Waals surface area contributed by atoms with Crippen molar-refractivity contribution in [3.05, 3.63) is 65.0 Å². The molecule has 0 fully saturated rings. The van der Waals surface area contributed by atoms with Gasteiger partial charge in [0.15, 0.2) is 17.3 Å². The Morgan fingerprint density at radius 2 is 2.12 bits per heavy atom. The fraction of sp³-hybridized carbons (Fsp3) is 0.364. The van der Waals surface area contributed by atoms with Crippen molar-refractivity contribution in [1.29, 1.82) is 0 Å². The smallest absolute Gasteiger partial charge is 0.292 e. The largest absolute Gasteiger partial charge is 0.438 e. The molecule has 5 rings (SSSR count). The third kappa shape index (κ3) is 3.54. The standard InChI is InChI=1S/C22H20F3N5O4/c1-22(2,8-31)21-29-15(18(24)25)17(34-21)20(32)30-6-5-11-14(27-9-26-11)16(30)19-28-12-7-10(23)3-4-13(12)33-19/h3-4,7,9,16,18,31H,5-6,8H2,1-2H3,(H,26,27)/t16-/m0/s1. The Kier molecular flexibility index (Phi) is 5.19. The number of aromatic amines is 1. The maximum atomic E-state index is 13.8. The van der Waals surface area contributed by atoms with Crippen LogP contribution in [0, 0.1) is 5.82 Å². The van der Waals surface area contributed by atoms with Crippen LogP contribution in [0.3, 0.4) is 0 Å². The van der Waals surface area contributed by atoms with Crippen molar-refractivity contribution in [3.8, 4) is 0 Å². The minimum atomic E-state index is -3.08. The summed E-state index contributed by atoms with van der Waals surface area (Å²) in [4.78, 5) is 30.3.